The minimum Gasteiger partial charge on any atom is -0.457 e. The summed E-state index contributed by atoms with van der Waals surface area (Å²) in [4.78, 5) is 38.4. The number of carbonyl (C=O) groups is 3. The van der Waals surface area contributed by atoms with Crippen LogP contribution in [-0.4, -0.2) is 41.6 Å². The highest BCUT2D eigenvalue weighted by atomic mass is 16.7. The van der Waals surface area contributed by atoms with Crippen LogP contribution in [-0.2, 0) is 28.6 Å². The van der Waals surface area contributed by atoms with Crippen molar-refractivity contribution in [3.63, 3.8) is 0 Å². The molecule has 2 heterocycles. The number of ketones is 2. The second-order valence-corrected chi connectivity index (χ2v) is 13.3. The fourth-order valence-corrected chi connectivity index (χ4v) is 9.52. The number of carbonyl (C=O) groups excluding carboxylic acids is 3. The van der Waals surface area contributed by atoms with Gasteiger partial charge in [0.15, 0.2) is 6.10 Å². The van der Waals surface area contributed by atoms with Crippen molar-refractivity contribution in [2.24, 2.45) is 40.4 Å². The van der Waals surface area contributed by atoms with Gasteiger partial charge in [0.1, 0.15) is 11.6 Å². The van der Waals surface area contributed by atoms with E-state index < -0.39 is 22.9 Å². The molecule has 2 spiro atoms. The summed E-state index contributed by atoms with van der Waals surface area (Å²) in [6.07, 6.45) is 8.27. The van der Waals surface area contributed by atoms with Crippen molar-refractivity contribution in [1.29, 1.82) is 0 Å². The lowest BCUT2D eigenvalue weighted by atomic mass is 9.44. The maximum Gasteiger partial charge on any atom is 0.303 e. The topological polar surface area (TPSA) is 78.9 Å². The Bertz CT molecular complexity index is 1010. The summed E-state index contributed by atoms with van der Waals surface area (Å²) < 4.78 is 19.0. The van der Waals surface area contributed by atoms with Gasteiger partial charge in [-0.15, -0.1) is 0 Å². The maximum absolute atomic E-state index is 14.2. The maximum atomic E-state index is 14.2. The highest BCUT2D eigenvalue weighted by Crippen LogP contribution is 2.68. The Morgan fingerprint density at radius 3 is 2.63 bits per heavy atom. The average molecular weight is 485 g/mol. The van der Waals surface area contributed by atoms with E-state index in [-0.39, 0.29) is 23.2 Å². The van der Waals surface area contributed by atoms with Gasteiger partial charge in [0.05, 0.1) is 17.6 Å². The molecule has 6 rings (SSSR count). The lowest BCUT2D eigenvalue weighted by Crippen LogP contribution is -2.65. The second-order valence-electron chi connectivity index (χ2n) is 13.3. The van der Waals surface area contributed by atoms with Gasteiger partial charge < -0.3 is 14.2 Å². The van der Waals surface area contributed by atoms with Gasteiger partial charge in [0.25, 0.3) is 0 Å². The van der Waals surface area contributed by atoms with Crippen molar-refractivity contribution < 1.29 is 28.6 Å². The molecule has 0 aromatic heterocycles. The molecule has 5 fully saturated rings. The molecule has 6 nitrogen and oxygen atoms in total. The van der Waals surface area contributed by atoms with Gasteiger partial charge in [-0.3, -0.25) is 14.4 Å². The van der Waals surface area contributed by atoms with Crippen LogP contribution in [0.1, 0.15) is 86.0 Å². The van der Waals surface area contributed by atoms with Gasteiger partial charge in [-0.1, -0.05) is 25.5 Å². The number of fused-ring (bicyclic) bond motifs is 4. The van der Waals surface area contributed by atoms with Crippen LogP contribution in [0.25, 0.3) is 0 Å². The van der Waals surface area contributed by atoms with Crippen LogP contribution in [0, 0.1) is 40.4 Å². The van der Waals surface area contributed by atoms with Crippen LogP contribution in [0.3, 0.4) is 0 Å². The van der Waals surface area contributed by atoms with E-state index in [2.05, 4.69) is 19.9 Å². The first kappa shape index (κ1) is 23.8. The fourth-order valence-electron chi connectivity index (χ4n) is 9.52. The summed E-state index contributed by atoms with van der Waals surface area (Å²) in [5.74, 6) is 0.485. The molecule has 6 heteroatoms. The van der Waals surface area contributed by atoms with E-state index in [9.17, 15) is 14.4 Å². The number of rotatable bonds is 1. The standard InChI is InChI=1S/C29H40O6/c1-16-21-8-9-22-20-7-6-18-12-19(31)10-11-27(18,5)23(20)13-24(32)28(21,22)15-33-29(16)25(34-17(2)30)14-26(3,4)35-29/h9,16,18,20-21,23,25H,6-8,10-15H2,1-5H3/t16-,18-,20-,21+,23-,25+,27-,28+,29+/m0/s1. The van der Waals surface area contributed by atoms with Crippen LogP contribution in [0.15, 0.2) is 11.6 Å². The Labute approximate surface area is 208 Å². The van der Waals surface area contributed by atoms with Crippen LogP contribution in [0.5, 0.6) is 0 Å². The first-order chi connectivity index (χ1) is 16.4. The Morgan fingerprint density at radius 1 is 1.11 bits per heavy atom. The molecule has 0 amide bonds. The Hall–Kier alpha value is -1.53. The summed E-state index contributed by atoms with van der Waals surface area (Å²) in [5.41, 5.74) is 0.314. The molecule has 2 aliphatic heterocycles. The Kier molecular flexibility index (Phi) is 5.11. The van der Waals surface area contributed by atoms with Crippen molar-refractivity contribution in [3.8, 4) is 0 Å². The lowest BCUT2D eigenvalue weighted by molar-refractivity contribution is -0.337. The number of Topliss-reactive ketones (excluding diaryl/α,β-unsaturated/α-hetero) is 2. The van der Waals surface area contributed by atoms with Crippen LogP contribution < -0.4 is 0 Å². The second kappa shape index (κ2) is 7.50. The normalized spacial score (nSPS) is 50.1. The summed E-state index contributed by atoms with van der Waals surface area (Å²) in [6.45, 7) is 10.3. The number of hydrogen-bond acceptors (Lipinski definition) is 6. The molecule has 9 atom stereocenters. The SMILES string of the molecule is CC(=O)O[C@@H]1CC(C)(C)O[C@@]12OC[C@]13C(=O)C[C@H]4[C@@H](CC[C@H]5CC(=O)CC[C@@]54C)C1=CC[C@@H]3[C@@H]2C. The van der Waals surface area contributed by atoms with Gasteiger partial charge in [-0.2, -0.15) is 0 Å². The lowest BCUT2D eigenvalue weighted by Gasteiger charge is -2.61. The van der Waals surface area contributed by atoms with Crippen molar-refractivity contribution in [3.05, 3.63) is 11.6 Å². The van der Waals surface area contributed by atoms with Crippen molar-refractivity contribution in [2.45, 2.75) is 103 Å². The van der Waals surface area contributed by atoms with Crippen molar-refractivity contribution >= 4 is 17.5 Å². The third-order valence-corrected chi connectivity index (χ3v) is 11.2. The predicted molar refractivity (Wildman–Crippen MR) is 128 cm³/mol. The van der Waals surface area contributed by atoms with Gasteiger partial charge in [-0.25, -0.2) is 0 Å². The molecule has 0 unspecified atom stereocenters. The van der Waals surface area contributed by atoms with Crippen LogP contribution >= 0.6 is 0 Å². The van der Waals surface area contributed by atoms with E-state index in [4.69, 9.17) is 14.2 Å². The minimum absolute atomic E-state index is 0.0639. The highest BCUT2D eigenvalue weighted by Gasteiger charge is 2.71. The zero-order valence-electron chi connectivity index (χ0n) is 21.9. The summed E-state index contributed by atoms with van der Waals surface area (Å²) in [6, 6.07) is 0. The van der Waals surface area contributed by atoms with Gasteiger partial charge in [0, 0.05) is 38.5 Å². The first-order valence-electron chi connectivity index (χ1n) is 13.7. The van der Waals surface area contributed by atoms with E-state index in [0.717, 1.165) is 25.7 Å². The van der Waals surface area contributed by atoms with Gasteiger partial charge in [-0.05, 0) is 68.6 Å². The number of esters is 1. The smallest absolute Gasteiger partial charge is 0.303 e. The molecule has 192 valence electrons. The molecule has 4 aliphatic carbocycles. The van der Waals surface area contributed by atoms with Crippen molar-refractivity contribution in [1.82, 2.24) is 0 Å². The van der Waals surface area contributed by atoms with E-state index in [1.54, 1.807) is 0 Å². The molecule has 6 aliphatic rings. The molecule has 0 aromatic rings. The molecular formula is C29H40O6. The third kappa shape index (κ3) is 3.11. The van der Waals surface area contributed by atoms with E-state index in [1.807, 2.05) is 13.8 Å². The van der Waals surface area contributed by atoms with Crippen LogP contribution in [0.2, 0.25) is 0 Å². The monoisotopic (exact) mass is 484 g/mol. The zero-order chi connectivity index (χ0) is 25.0. The Morgan fingerprint density at radius 2 is 1.89 bits per heavy atom. The highest BCUT2D eigenvalue weighted by molar-refractivity contribution is 5.91. The molecule has 3 saturated carbocycles. The zero-order valence-corrected chi connectivity index (χ0v) is 21.9. The summed E-state index contributed by atoms with van der Waals surface area (Å²) in [7, 11) is 0. The van der Waals surface area contributed by atoms with E-state index in [0.29, 0.717) is 61.6 Å². The van der Waals surface area contributed by atoms with E-state index in [1.165, 1.54) is 12.5 Å². The molecule has 35 heavy (non-hydrogen) atoms. The first-order valence-corrected chi connectivity index (χ1v) is 13.7. The average Bonchev–Trinajstić information content (AvgIpc) is 3.29. The third-order valence-electron chi connectivity index (χ3n) is 11.2. The largest absolute Gasteiger partial charge is 0.457 e. The Balaban J connectivity index is 1.33. The number of hydrogen-bond donors (Lipinski definition) is 0. The molecule has 0 aromatic carbocycles. The molecule has 0 N–H and O–H groups in total. The molecular weight excluding hydrogens is 444 g/mol. The van der Waals surface area contributed by atoms with Crippen LogP contribution in [0.4, 0.5) is 0 Å². The predicted octanol–water partition coefficient (Wildman–Crippen LogP) is 4.79. The van der Waals surface area contributed by atoms with Gasteiger partial charge in [0.2, 0.25) is 5.79 Å². The number of allylic oxidation sites excluding steroid dienone is 1. The summed E-state index contributed by atoms with van der Waals surface area (Å²) in [5, 5.41) is 0. The quantitative estimate of drug-likeness (QED) is 0.393. The molecule has 0 radical (unpaired) electrons. The fraction of sp³-hybridized carbons (Fsp3) is 0.828. The van der Waals surface area contributed by atoms with E-state index >= 15 is 0 Å². The summed E-state index contributed by atoms with van der Waals surface area (Å²) >= 11 is 0. The molecule has 0 bridgehead atoms. The number of ether oxygens (including phenoxy) is 3. The molecule has 2 saturated heterocycles. The minimum atomic E-state index is -1.02. The van der Waals surface area contributed by atoms with Crippen molar-refractivity contribution in [2.75, 3.05) is 6.61 Å². The van der Waals surface area contributed by atoms with Gasteiger partial charge >= 0.3 is 5.97 Å².